The van der Waals surface area contributed by atoms with Gasteiger partial charge in [0.15, 0.2) is 0 Å². The van der Waals surface area contributed by atoms with Gasteiger partial charge >= 0.3 is 5.97 Å². The summed E-state index contributed by atoms with van der Waals surface area (Å²) in [4.78, 5) is 14.1. The molecule has 1 aliphatic rings. The van der Waals surface area contributed by atoms with Crippen LogP contribution in [-0.4, -0.2) is 30.5 Å². The molecule has 0 bridgehead atoms. The van der Waals surface area contributed by atoms with E-state index >= 15 is 0 Å². The van der Waals surface area contributed by atoms with Gasteiger partial charge in [-0.15, -0.1) is 0 Å². The average Bonchev–Trinajstić information content (AvgIpc) is 2.63. The topological polar surface area (TPSA) is 29.5 Å². The molecule has 26 heavy (non-hydrogen) atoms. The van der Waals surface area contributed by atoms with Crippen molar-refractivity contribution < 1.29 is 9.53 Å². The monoisotopic (exact) mass is 351 g/mol. The highest BCUT2D eigenvalue weighted by Gasteiger charge is 2.27. The second-order valence-electron chi connectivity index (χ2n) is 7.46. The number of benzene rings is 2. The lowest BCUT2D eigenvalue weighted by atomic mass is 9.82. The van der Waals surface area contributed by atoms with Gasteiger partial charge in [0.1, 0.15) is 5.75 Å². The molecule has 0 N–H and O–H groups in total. The summed E-state index contributed by atoms with van der Waals surface area (Å²) in [7, 11) is 2.23. The van der Waals surface area contributed by atoms with Crippen LogP contribution in [0.15, 0.2) is 48.5 Å². The van der Waals surface area contributed by atoms with Crippen LogP contribution >= 0.6 is 0 Å². The fourth-order valence-electron chi connectivity index (χ4n) is 4.03. The largest absolute Gasteiger partial charge is 0.426 e. The van der Waals surface area contributed by atoms with Crippen molar-refractivity contribution in [3.8, 4) is 5.75 Å². The second-order valence-corrected chi connectivity index (χ2v) is 7.46. The van der Waals surface area contributed by atoms with E-state index in [1.54, 1.807) is 0 Å². The highest BCUT2D eigenvalue weighted by molar-refractivity contribution is 5.70. The van der Waals surface area contributed by atoms with Gasteiger partial charge in [0.25, 0.3) is 0 Å². The van der Waals surface area contributed by atoms with Crippen molar-refractivity contribution in [1.82, 2.24) is 4.90 Å². The molecule has 138 valence electrons. The van der Waals surface area contributed by atoms with Crippen LogP contribution in [0.4, 0.5) is 0 Å². The highest BCUT2D eigenvalue weighted by Crippen LogP contribution is 2.38. The lowest BCUT2D eigenvalue weighted by Gasteiger charge is -2.35. The third-order valence-electron chi connectivity index (χ3n) is 5.43. The minimum absolute atomic E-state index is 0.219. The van der Waals surface area contributed by atoms with Gasteiger partial charge in [-0.2, -0.15) is 0 Å². The van der Waals surface area contributed by atoms with E-state index in [2.05, 4.69) is 55.3 Å². The van der Waals surface area contributed by atoms with E-state index in [0.717, 1.165) is 18.5 Å². The van der Waals surface area contributed by atoms with Crippen LogP contribution in [0.2, 0.25) is 0 Å². The summed E-state index contributed by atoms with van der Waals surface area (Å²) < 4.78 is 5.57. The van der Waals surface area contributed by atoms with Gasteiger partial charge in [0.2, 0.25) is 0 Å². The molecule has 0 spiro atoms. The van der Waals surface area contributed by atoms with E-state index in [1.165, 1.54) is 37.3 Å². The zero-order chi connectivity index (χ0) is 18.5. The molecule has 0 saturated carbocycles. The van der Waals surface area contributed by atoms with Crippen molar-refractivity contribution >= 4 is 5.97 Å². The van der Waals surface area contributed by atoms with E-state index in [-0.39, 0.29) is 11.9 Å². The molecule has 3 rings (SSSR count). The normalized spacial score (nSPS) is 19.1. The van der Waals surface area contributed by atoms with Crippen molar-refractivity contribution in [3.63, 3.8) is 0 Å². The second kappa shape index (κ2) is 8.50. The van der Waals surface area contributed by atoms with Gasteiger partial charge in [0, 0.05) is 24.4 Å². The standard InChI is InChI=1S/C23H29NO2/c1-17-12-13-23(26-18(2)25)22(15-17)21(19-9-5-4-6-10-19)16-20-11-7-8-14-24(20)3/h4-6,9-10,12-13,15,20-21H,7-8,11,14,16H2,1-3H3. The molecular formula is C23H29NO2. The number of likely N-dealkylation sites (tertiary alicyclic amines) is 1. The van der Waals surface area contributed by atoms with Crippen LogP contribution < -0.4 is 4.74 Å². The first-order chi connectivity index (χ1) is 12.5. The Labute approximate surface area is 157 Å². The van der Waals surface area contributed by atoms with E-state index in [0.29, 0.717) is 11.8 Å². The number of aryl methyl sites for hydroxylation is 1. The van der Waals surface area contributed by atoms with Gasteiger partial charge in [-0.1, -0.05) is 54.4 Å². The van der Waals surface area contributed by atoms with Crippen LogP contribution in [0, 0.1) is 6.92 Å². The van der Waals surface area contributed by atoms with Crippen molar-refractivity contribution in [1.29, 1.82) is 0 Å². The first-order valence-electron chi connectivity index (χ1n) is 9.58. The minimum Gasteiger partial charge on any atom is -0.426 e. The number of rotatable bonds is 5. The third-order valence-corrected chi connectivity index (χ3v) is 5.43. The Kier molecular flexibility index (Phi) is 6.10. The van der Waals surface area contributed by atoms with Crippen molar-refractivity contribution in [2.75, 3.05) is 13.6 Å². The average molecular weight is 351 g/mol. The predicted molar refractivity (Wildman–Crippen MR) is 106 cm³/mol. The number of nitrogens with zero attached hydrogens (tertiary/aromatic N) is 1. The fourth-order valence-corrected chi connectivity index (χ4v) is 4.03. The molecule has 1 aliphatic heterocycles. The minimum atomic E-state index is -0.267. The summed E-state index contributed by atoms with van der Waals surface area (Å²) in [6.07, 6.45) is 4.85. The van der Waals surface area contributed by atoms with Crippen molar-refractivity contribution in [3.05, 3.63) is 65.2 Å². The fraction of sp³-hybridized carbons (Fsp3) is 0.435. The van der Waals surface area contributed by atoms with Crippen molar-refractivity contribution in [2.45, 2.75) is 51.5 Å². The molecule has 2 aromatic rings. The molecule has 1 saturated heterocycles. The Balaban J connectivity index is 2.00. The van der Waals surface area contributed by atoms with Crippen LogP contribution in [0.3, 0.4) is 0 Å². The number of hydrogen-bond acceptors (Lipinski definition) is 3. The Bertz CT molecular complexity index is 741. The molecule has 2 aromatic carbocycles. The lowest BCUT2D eigenvalue weighted by molar-refractivity contribution is -0.131. The summed E-state index contributed by atoms with van der Waals surface area (Å²) in [6.45, 7) is 4.72. The Morgan fingerprint density at radius 1 is 1.19 bits per heavy atom. The zero-order valence-corrected chi connectivity index (χ0v) is 16.1. The summed E-state index contributed by atoms with van der Waals surface area (Å²) in [5, 5.41) is 0. The molecule has 2 atom stereocenters. The number of piperidine rings is 1. The number of ether oxygens (including phenoxy) is 1. The Morgan fingerprint density at radius 2 is 1.96 bits per heavy atom. The molecule has 0 aliphatic carbocycles. The van der Waals surface area contributed by atoms with Crippen LogP contribution in [0.5, 0.6) is 5.75 Å². The smallest absolute Gasteiger partial charge is 0.308 e. The van der Waals surface area contributed by atoms with Gasteiger partial charge in [-0.3, -0.25) is 4.79 Å². The SMILES string of the molecule is CC(=O)Oc1ccc(C)cc1C(CC1CCCCN1C)c1ccccc1. The first kappa shape index (κ1) is 18.7. The highest BCUT2D eigenvalue weighted by atomic mass is 16.5. The molecule has 0 amide bonds. The van der Waals surface area contributed by atoms with E-state index in [4.69, 9.17) is 4.74 Å². The van der Waals surface area contributed by atoms with Gasteiger partial charge < -0.3 is 9.64 Å². The van der Waals surface area contributed by atoms with Gasteiger partial charge in [-0.25, -0.2) is 0 Å². The predicted octanol–water partition coefficient (Wildman–Crippen LogP) is 4.93. The molecule has 1 heterocycles. The van der Waals surface area contributed by atoms with Gasteiger partial charge in [-0.05, 0) is 51.4 Å². The summed E-state index contributed by atoms with van der Waals surface area (Å²) in [5.74, 6) is 0.642. The molecule has 3 heteroatoms. The van der Waals surface area contributed by atoms with E-state index in [9.17, 15) is 4.79 Å². The molecule has 0 radical (unpaired) electrons. The third kappa shape index (κ3) is 4.53. The molecule has 3 nitrogen and oxygen atoms in total. The van der Waals surface area contributed by atoms with Gasteiger partial charge in [0.05, 0.1) is 0 Å². The maximum atomic E-state index is 11.6. The van der Waals surface area contributed by atoms with E-state index in [1.807, 2.05) is 12.1 Å². The van der Waals surface area contributed by atoms with Crippen molar-refractivity contribution in [2.24, 2.45) is 0 Å². The van der Waals surface area contributed by atoms with Crippen LogP contribution in [-0.2, 0) is 4.79 Å². The maximum Gasteiger partial charge on any atom is 0.308 e. The van der Waals surface area contributed by atoms with E-state index < -0.39 is 0 Å². The summed E-state index contributed by atoms with van der Waals surface area (Å²) in [6, 6.07) is 17.3. The molecule has 2 unspecified atom stereocenters. The quantitative estimate of drug-likeness (QED) is 0.565. The number of carbonyl (C=O) groups excluding carboxylic acids is 1. The summed E-state index contributed by atoms with van der Waals surface area (Å²) >= 11 is 0. The summed E-state index contributed by atoms with van der Waals surface area (Å²) in [5.41, 5.74) is 3.59. The Morgan fingerprint density at radius 3 is 2.65 bits per heavy atom. The number of hydrogen-bond donors (Lipinski definition) is 0. The number of esters is 1. The molecule has 1 fully saturated rings. The van der Waals surface area contributed by atoms with Crippen LogP contribution in [0.1, 0.15) is 55.2 Å². The number of carbonyl (C=O) groups is 1. The first-order valence-corrected chi connectivity index (χ1v) is 9.58. The lowest BCUT2D eigenvalue weighted by Crippen LogP contribution is -2.37. The Hall–Kier alpha value is -2.13. The van der Waals surface area contributed by atoms with Crippen LogP contribution in [0.25, 0.3) is 0 Å². The molecular weight excluding hydrogens is 322 g/mol. The maximum absolute atomic E-state index is 11.6. The zero-order valence-electron chi connectivity index (χ0n) is 16.1. The molecule has 0 aromatic heterocycles.